The number of rotatable bonds is 4. The van der Waals surface area contributed by atoms with Gasteiger partial charge in [0.2, 0.25) is 10.0 Å². The second kappa shape index (κ2) is 4.63. The highest BCUT2D eigenvalue weighted by atomic mass is 32.2. The van der Waals surface area contributed by atoms with Crippen molar-refractivity contribution in [1.82, 2.24) is 4.72 Å². The predicted octanol–water partition coefficient (Wildman–Crippen LogP) is 1.18. The van der Waals surface area contributed by atoms with Crippen LogP contribution in [-0.2, 0) is 10.0 Å². The number of halogens is 1. The van der Waals surface area contributed by atoms with Crippen molar-refractivity contribution in [2.75, 3.05) is 12.3 Å². The highest BCUT2D eigenvalue weighted by Gasteiger charge is 2.19. The molecule has 0 aliphatic rings. The Labute approximate surface area is 94.0 Å². The zero-order valence-corrected chi connectivity index (χ0v) is 9.64. The molecule has 6 heteroatoms. The molecule has 0 bridgehead atoms. The number of nitrogens with one attached hydrogen (secondary N) is 1. The van der Waals surface area contributed by atoms with Gasteiger partial charge in [0.15, 0.2) is 0 Å². The van der Waals surface area contributed by atoms with E-state index in [1.807, 2.05) is 0 Å². The fourth-order valence-corrected chi connectivity index (χ4v) is 2.21. The molecule has 16 heavy (non-hydrogen) atoms. The second-order valence-corrected chi connectivity index (χ2v) is 5.02. The minimum atomic E-state index is -3.87. The van der Waals surface area contributed by atoms with E-state index in [4.69, 9.17) is 5.73 Å². The van der Waals surface area contributed by atoms with Crippen LogP contribution in [-0.4, -0.2) is 15.0 Å². The molecular formula is C10H13FN2O2S. The fourth-order valence-electron chi connectivity index (χ4n) is 1.12. The Hall–Kier alpha value is -1.40. The summed E-state index contributed by atoms with van der Waals surface area (Å²) in [5.41, 5.74) is 6.27. The molecule has 0 amide bonds. The quantitative estimate of drug-likeness (QED) is 0.617. The van der Waals surface area contributed by atoms with Gasteiger partial charge in [-0.15, -0.1) is 6.58 Å². The smallest absolute Gasteiger partial charge is 0.243 e. The van der Waals surface area contributed by atoms with Crippen LogP contribution < -0.4 is 10.5 Å². The molecule has 0 aromatic heterocycles. The first-order valence-electron chi connectivity index (χ1n) is 4.54. The van der Waals surface area contributed by atoms with Gasteiger partial charge in [-0.05, 0) is 24.6 Å². The number of hydrogen-bond acceptors (Lipinski definition) is 3. The van der Waals surface area contributed by atoms with Gasteiger partial charge in [0.05, 0.1) is 0 Å². The Balaban J connectivity index is 3.23. The van der Waals surface area contributed by atoms with Crippen LogP contribution in [0.1, 0.15) is 5.56 Å². The molecule has 1 aromatic carbocycles. The monoisotopic (exact) mass is 244 g/mol. The molecule has 1 aromatic rings. The molecule has 0 saturated carbocycles. The number of hydrogen-bond donors (Lipinski definition) is 2. The maximum atomic E-state index is 13.5. The van der Waals surface area contributed by atoms with E-state index >= 15 is 0 Å². The summed E-state index contributed by atoms with van der Waals surface area (Å²) in [4.78, 5) is -0.447. The largest absolute Gasteiger partial charge is 0.398 e. The zero-order valence-electron chi connectivity index (χ0n) is 8.83. The van der Waals surface area contributed by atoms with Gasteiger partial charge in [-0.2, -0.15) is 0 Å². The third-order valence-corrected chi connectivity index (χ3v) is 3.47. The Morgan fingerprint density at radius 2 is 2.19 bits per heavy atom. The lowest BCUT2D eigenvalue weighted by Gasteiger charge is -2.08. The number of nitrogens with two attached hydrogens (primary N) is 1. The first kappa shape index (κ1) is 12.7. The van der Waals surface area contributed by atoms with Crippen molar-refractivity contribution in [2.45, 2.75) is 11.8 Å². The molecular weight excluding hydrogens is 231 g/mol. The number of benzene rings is 1. The molecule has 0 spiro atoms. The van der Waals surface area contributed by atoms with Crippen molar-refractivity contribution in [2.24, 2.45) is 0 Å². The lowest BCUT2D eigenvalue weighted by molar-refractivity contribution is 0.559. The topological polar surface area (TPSA) is 72.2 Å². The van der Waals surface area contributed by atoms with E-state index < -0.39 is 20.7 Å². The second-order valence-electron chi connectivity index (χ2n) is 3.28. The molecule has 0 radical (unpaired) electrons. The SMILES string of the molecule is C=CCNS(=O)(=O)c1cc(N)c(C)cc1F. The van der Waals surface area contributed by atoms with Crippen molar-refractivity contribution >= 4 is 15.7 Å². The van der Waals surface area contributed by atoms with Crippen LogP contribution in [0.2, 0.25) is 0 Å². The summed E-state index contributed by atoms with van der Waals surface area (Å²) in [5, 5.41) is 0. The molecule has 0 fully saturated rings. The Morgan fingerprint density at radius 3 is 2.75 bits per heavy atom. The summed E-state index contributed by atoms with van der Waals surface area (Å²) >= 11 is 0. The highest BCUT2D eigenvalue weighted by molar-refractivity contribution is 7.89. The van der Waals surface area contributed by atoms with Crippen molar-refractivity contribution in [1.29, 1.82) is 0 Å². The highest BCUT2D eigenvalue weighted by Crippen LogP contribution is 2.21. The molecule has 0 heterocycles. The predicted molar refractivity (Wildman–Crippen MR) is 60.9 cm³/mol. The molecule has 1 rings (SSSR count). The summed E-state index contributed by atoms with van der Waals surface area (Å²) in [6, 6.07) is 2.20. The number of aryl methyl sites for hydroxylation is 1. The summed E-state index contributed by atoms with van der Waals surface area (Å²) in [6.45, 7) is 5.01. The van der Waals surface area contributed by atoms with Gasteiger partial charge in [-0.1, -0.05) is 6.08 Å². The first-order valence-corrected chi connectivity index (χ1v) is 6.03. The van der Waals surface area contributed by atoms with Gasteiger partial charge in [-0.25, -0.2) is 17.5 Å². The lowest BCUT2D eigenvalue weighted by Crippen LogP contribution is -2.24. The van der Waals surface area contributed by atoms with Crippen LogP contribution in [0.5, 0.6) is 0 Å². The summed E-state index contributed by atoms with van der Waals surface area (Å²) in [5.74, 6) is -0.816. The van der Waals surface area contributed by atoms with Gasteiger partial charge < -0.3 is 5.73 Å². The number of nitrogen functional groups attached to an aromatic ring is 1. The average Bonchev–Trinajstić information content (AvgIpc) is 2.20. The molecule has 0 aliphatic carbocycles. The Bertz CT molecular complexity index is 512. The van der Waals surface area contributed by atoms with Crippen LogP contribution in [0.15, 0.2) is 29.7 Å². The van der Waals surface area contributed by atoms with Crippen molar-refractivity contribution in [3.05, 3.63) is 36.2 Å². The summed E-state index contributed by atoms with van der Waals surface area (Å²) in [7, 11) is -3.87. The van der Waals surface area contributed by atoms with Crippen LogP contribution >= 0.6 is 0 Å². The first-order chi connectivity index (χ1) is 7.38. The van der Waals surface area contributed by atoms with E-state index in [0.717, 1.165) is 12.1 Å². The van der Waals surface area contributed by atoms with Crippen molar-refractivity contribution in [3.8, 4) is 0 Å². The average molecular weight is 244 g/mol. The maximum absolute atomic E-state index is 13.5. The van der Waals surface area contributed by atoms with E-state index in [1.165, 1.54) is 6.08 Å². The summed E-state index contributed by atoms with van der Waals surface area (Å²) < 4.78 is 38.9. The van der Waals surface area contributed by atoms with Crippen LogP contribution in [0.4, 0.5) is 10.1 Å². The van der Waals surface area contributed by atoms with Gasteiger partial charge >= 0.3 is 0 Å². The molecule has 3 N–H and O–H groups in total. The van der Waals surface area contributed by atoms with Crippen LogP contribution in [0, 0.1) is 12.7 Å². The molecule has 0 aliphatic heterocycles. The zero-order chi connectivity index (χ0) is 12.3. The van der Waals surface area contributed by atoms with E-state index in [0.29, 0.717) is 5.56 Å². The van der Waals surface area contributed by atoms with Gasteiger partial charge in [0, 0.05) is 12.2 Å². The van der Waals surface area contributed by atoms with E-state index in [9.17, 15) is 12.8 Å². The van der Waals surface area contributed by atoms with E-state index in [1.54, 1.807) is 6.92 Å². The van der Waals surface area contributed by atoms with E-state index in [2.05, 4.69) is 11.3 Å². The standard InChI is InChI=1S/C10H13FN2O2S/c1-3-4-13-16(14,15)10-6-9(12)7(2)5-8(10)11/h3,5-6,13H,1,4,12H2,2H3. The van der Waals surface area contributed by atoms with Crippen LogP contribution in [0.25, 0.3) is 0 Å². The normalized spacial score (nSPS) is 11.4. The number of anilines is 1. The van der Waals surface area contributed by atoms with Gasteiger partial charge in [-0.3, -0.25) is 0 Å². The third kappa shape index (κ3) is 2.59. The van der Waals surface area contributed by atoms with Crippen LogP contribution in [0.3, 0.4) is 0 Å². The summed E-state index contributed by atoms with van der Waals surface area (Å²) in [6.07, 6.45) is 1.37. The molecule has 0 unspecified atom stereocenters. The van der Waals surface area contributed by atoms with Gasteiger partial charge in [0.1, 0.15) is 10.7 Å². The molecule has 4 nitrogen and oxygen atoms in total. The third-order valence-electron chi connectivity index (χ3n) is 2.03. The molecule has 0 atom stereocenters. The number of sulfonamides is 1. The molecule has 0 saturated heterocycles. The minimum Gasteiger partial charge on any atom is -0.398 e. The van der Waals surface area contributed by atoms with Crippen molar-refractivity contribution < 1.29 is 12.8 Å². The van der Waals surface area contributed by atoms with E-state index in [-0.39, 0.29) is 12.2 Å². The fraction of sp³-hybridized carbons (Fsp3) is 0.200. The van der Waals surface area contributed by atoms with Crippen molar-refractivity contribution in [3.63, 3.8) is 0 Å². The minimum absolute atomic E-state index is 0.0373. The lowest BCUT2D eigenvalue weighted by atomic mass is 10.2. The molecule has 88 valence electrons. The van der Waals surface area contributed by atoms with Gasteiger partial charge in [0.25, 0.3) is 0 Å². The Kier molecular flexibility index (Phi) is 3.66. The Morgan fingerprint density at radius 1 is 1.56 bits per heavy atom. The maximum Gasteiger partial charge on any atom is 0.243 e.